The number of aromatic nitrogens is 1. The number of hydrogen-bond donors (Lipinski definition) is 3. The average molecular weight is 362 g/mol. The van der Waals surface area contributed by atoms with Crippen molar-refractivity contribution < 1.29 is 9.84 Å². The van der Waals surface area contributed by atoms with E-state index in [4.69, 9.17) is 4.74 Å². The van der Waals surface area contributed by atoms with Gasteiger partial charge < -0.3 is 20.5 Å². The third-order valence-electron chi connectivity index (χ3n) is 3.71. The molecule has 7 heteroatoms. The summed E-state index contributed by atoms with van der Waals surface area (Å²) >= 11 is 1.74. The number of aliphatic imine (C=N–C) groups is 1. The zero-order chi connectivity index (χ0) is 18.2. The molecule has 6 nitrogen and oxygen atoms in total. The second-order valence-electron chi connectivity index (χ2n) is 5.63. The lowest BCUT2D eigenvalue weighted by Crippen LogP contribution is -2.38. The first-order valence-corrected chi connectivity index (χ1v) is 9.16. The van der Waals surface area contributed by atoms with Crippen LogP contribution < -0.4 is 15.4 Å². The predicted octanol–water partition coefficient (Wildman–Crippen LogP) is 2.77. The van der Waals surface area contributed by atoms with Crippen LogP contribution in [0.3, 0.4) is 0 Å². The van der Waals surface area contributed by atoms with Gasteiger partial charge in [0.15, 0.2) is 17.5 Å². The number of phenols is 1. The highest BCUT2D eigenvalue weighted by atomic mass is 32.1. The van der Waals surface area contributed by atoms with Crippen LogP contribution >= 0.6 is 11.3 Å². The van der Waals surface area contributed by atoms with Crippen molar-refractivity contribution in [1.29, 1.82) is 0 Å². The molecule has 136 valence electrons. The van der Waals surface area contributed by atoms with Crippen molar-refractivity contribution in [2.45, 2.75) is 33.7 Å². The van der Waals surface area contributed by atoms with E-state index in [1.807, 2.05) is 19.9 Å². The molecule has 0 spiro atoms. The number of guanidine groups is 1. The summed E-state index contributed by atoms with van der Waals surface area (Å²) in [5.41, 5.74) is 2.03. The SMILES string of the molecule is CCNC(=NCc1ccc(OC)c(O)c1)NCCc1nc(C)c(C)s1. The molecule has 0 fully saturated rings. The van der Waals surface area contributed by atoms with Gasteiger partial charge in [-0.25, -0.2) is 9.98 Å². The molecular formula is C18H26N4O2S. The minimum absolute atomic E-state index is 0.127. The molecule has 2 aromatic rings. The van der Waals surface area contributed by atoms with Crippen LogP contribution in [0.2, 0.25) is 0 Å². The van der Waals surface area contributed by atoms with Crippen LogP contribution in [0.25, 0.3) is 0 Å². The molecule has 2 rings (SSSR count). The summed E-state index contributed by atoms with van der Waals surface area (Å²) in [6, 6.07) is 5.31. The maximum Gasteiger partial charge on any atom is 0.191 e. The van der Waals surface area contributed by atoms with Crippen LogP contribution in [0.4, 0.5) is 0 Å². The highest BCUT2D eigenvalue weighted by Crippen LogP contribution is 2.26. The van der Waals surface area contributed by atoms with E-state index < -0.39 is 0 Å². The summed E-state index contributed by atoms with van der Waals surface area (Å²) in [6.07, 6.45) is 0.868. The first kappa shape index (κ1) is 19.1. The molecule has 0 unspecified atom stereocenters. The number of aromatic hydroxyl groups is 1. The third-order valence-corrected chi connectivity index (χ3v) is 4.84. The van der Waals surface area contributed by atoms with Gasteiger partial charge in [-0.05, 0) is 38.5 Å². The Balaban J connectivity index is 1.92. The van der Waals surface area contributed by atoms with Crippen molar-refractivity contribution in [2.24, 2.45) is 4.99 Å². The summed E-state index contributed by atoms with van der Waals surface area (Å²) < 4.78 is 5.05. The van der Waals surface area contributed by atoms with Crippen molar-refractivity contribution in [1.82, 2.24) is 15.6 Å². The molecule has 1 aromatic carbocycles. The van der Waals surface area contributed by atoms with E-state index in [2.05, 4.69) is 27.5 Å². The van der Waals surface area contributed by atoms with Crippen molar-refractivity contribution in [3.63, 3.8) is 0 Å². The molecule has 0 saturated carbocycles. The molecule has 3 N–H and O–H groups in total. The number of ether oxygens (including phenoxy) is 1. The van der Waals surface area contributed by atoms with E-state index in [9.17, 15) is 5.11 Å². The zero-order valence-corrected chi connectivity index (χ0v) is 16.0. The van der Waals surface area contributed by atoms with E-state index in [0.717, 1.165) is 41.7 Å². The first-order chi connectivity index (χ1) is 12.0. The fraction of sp³-hybridized carbons (Fsp3) is 0.444. The van der Waals surface area contributed by atoms with Gasteiger partial charge >= 0.3 is 0 Å². The quantitative estimate of drug-likeness (QED) is 0.521. The standard InChI is InChI=1S/C18H26N4O2S/c1-5-19-18(20-9-8-17-22-12(2)13(3)25-17)21-11-14-6-7-16(24-4)15(23)10-14/h6-7,10,23H,5,8-9,11H2,1-4H3,(H2,19,20,21). The minimum atomic E-state index is 0.127. The fourth-order valence-corrected chi connectivity index (χ4v) is 3.21. The Hall–Kier alpha value is -2.28. The number of phenolic OH excluding ortho intramolecular Hbond substituents is 1. The number of methoxy groups -OCH3 is 1. The van der Waals surface area contributed by atoms with Gasteiger partial charge in [0.2, 0.25) is 0 Å². The van der Waals surface area contributed by atoms with Gasteiger partial charge in [0.25, 0.3) is 0 Å². The highest BCUT2D eigenvalue weighted by Gasteiger charge is 2.05. The molecule has 1 heterocycles. The van der Waals surface area contributed by atoms with Crippen molar-refractivity contribution in [3.05, 3.63) is 39.3 Å². The Labute approximate surface area is 153 Å². The van der Waals surface area contributed by atoms with E-state index in [1.54, 1.807) is 23.5 Å². The largest absolute Gasteiger partial charge is 0.504 e. The van der Waals surface area contributed by atoms with Gasteiger partial charge in [0.05, 0.1) is 24.4 Å². The fourth-order valence-electron chi connectivity index (χ4n) is 2.28. The summed E-state index contributed by atoms with van der Waals surface area (Å²) in [7, 11) is 1.53. The lowest BCUT2D eigenvalue weighted by Gasteiger charge is -2.11. The van der Waals surface area contributed by atoms with E-state index >= 15 is 0 Å². The highest BCUT2D eigenvalue weighted by molar-refractivity contribution is 7.11. The Kier molecular flexibility index (Phi) is 7.06. The normalized spacial score (nSPS) is 11.4. The van der Waals surface area contributed by atoms with Crippen LogP contribution in [0.5, 0.6) is 11.5 Å². The summed E-state index contributed by atoms with van der Waals surface area (Å²) in [5, 5.41) is 17.5. The summed E-state index contributed by atoms with van der Waals surface area (Å²) in [6.45, 7) is 8.20. The van der Waals surface area contributed by atoms with Crippen molar-refractivity contribution in [3.8, 4) is 11.5 Å². The lowest BCUT2D eigenvalue weighted by molar-refractivity contribution is 0.373. The van der Waals surface area contributed by atoms with Gasteiger partial charge in [-0.3, -0.25) is 0 Å². The Morgan fingerprint density at radius 2 is 2.12 bits per heavy atom. The van der Waals surface area contributed by atoms with Crippen LogP contribution in [-0.2, 0) is 13.0 Å². The van der Waals surface area contributed by atoms with Crippen LogP contribution in [0.15, 0.2) is 23.2 Å². The number of benzene rings is 1. The second-order valence-corrected chi connectivity index (χ2v) is 6.92. The molecule has 0 aliphatic carbocycles. The Morgan fingerprint density at radius 1 is 1.32 bits per heavy atom. The summed E-state index contributed by atoms with van der Waals surface area (Å²) in [4.78, 5) is 10.4. The molecule has 0 saturated heterocycles. The van der Waals surface area contributed by atoms with Crippen LogP contribution in [-0.4, -0.2) is 36.2 Å². The van der Waals surface area contributed by atoms with E-state index in [0.29, 0.717) is 12.3 Å². The number of rotatable bonds is 7. The Bertz CT molecular complexity index is 708. The lowest BCUT2D eigenvalue weighted by atomic mass is 10.2. The molecule has 0 amide bonds. The molecule has 0 aliphatic rings. The number of hydrogen-bond acceptors (Lipinski definition) is 5. The molecule has 25 heavy (non-hydrogen) atoms. The van der Waals surface area contributed by atoms with Crippen LogP contribution in [0, 0.1) is 13.8 Å². The van der Waals surface area contributed by atoms with Gasteiger partial charge in [0, 0.05) is 24.4 Å². The molecular weight excluding hydrogens is 336 g/mol. The molecule has 0 bridgehead atoms. The second kappa shape index (κ2) is 9.27. The number of nitrogens with zero attached hydrogens (tertiary/aromatic N) is 2. The smallest absolute Gasteiger partial charge is 0.191 e. The predicted molar refractivity (Wildman–Crippen MR) is 103 cm³/mol. The van der Waals surface area contributed by atoms with Gasteiger partial charge in [-0.2, -0.15) is 0 Å². The zero-order valence-electron chi connectivity index (χ0n) is 15.2. The monoisotopic (exact) mass is 362 g/mol. The topological polar surface area (TPSA) is 78.8 Å². The van der Waals surface area contributed by atoms with Crippen molar-refractivity contribution in [2.75, 3.05) is 20.2 Å². The minimum Gasteiger partial charge on any atom is -0.504 e. The number of aryl methyl sites for hydroxylation is 2. The number of thiazole rings is 1. The third kappa shape index (κ3) is 5.63. The van der Waals surface area contributed by atoms with Gasteiger partial charge in [0.1, 0.15) is 0 Å². The average Bonchev–Trinajstić information content (AvgIpc) is 2.90. The van der Waals surface area contributed by atoms with E-state index in [1.165, 1.54) is 12.0 Å². The number of nitrogens with one attached hydrogen (secondary N) is 2. The van der Waals surface area contributed by atoms with E-state index in [-0.39, 0.29) is 5.75 Å². The maximum absolute atomic E-state index is 9.84. The molecule has 0 atom stereocenters. The van der Waals surface area contributed by atoms with Crippen molar-refractivity contribution >= 4 is 17.3 Å². The summed E-state index contributed by atoms with van der Waals surface area (Å²) in [5.74, 6) is 1.34. The first-order valence-electron chi connectivity index (χ1n) is 8.34. The maximum atomic E-state index is 9.84. The molecule has 0 radical (unpaired) electrons. The molecule has 1 aromatic heterocycles. The molecule has 0 aliphatic heterocycles. The van der Waals surface area contributed by atoms with Gasteiger partial charge in [-0.1, -0.05) is 6.07 Å². The van der Waals surface area contributed by atoms with Crippen LogP contribution in [0.1, 0.15) is 28.1 Å². The van der Waals surface area contributed by atoms with Gasteiger partial charge in [-0.15, -0.1) is 11.3 Å². The Morgan fingerprint density at radius 3 is 2.72 bits per heavy atom.